The molecular weight excluding hydrogens is 176 g/mol. The summed E-state index contributed by atoms with van der Waals surface area (Å²) in [5, 5.41) is 0. The van der Waals surface area contributed by atoms with Crippen molar-refractivity contribution in [2.75, 3.05) is 12.3 Å². The van der Waals surface area contributed by atoms with Gasteiger partial charge < -0.3 is 5.73 Å². The van der Waals surface area contributed by atoms with Crippen molar-refractivity contribution < 1.29 is 4.79 Å². The lowest BCUT2D eigenvalue weighted by Crippen LogP contribution is -2.01. The Hall–Kier alpha value is -1.64. The standard InChI is InChI=1S/C11H14N2O/c1-8(14)7-13-9(2)10-3-5-11(12)6-4-10/h3-6H,7,12H2,1-2H3. The van der Waals surface area contributed by atoms with Crippen LogP contribution in [0.5, 0.6) is 0 Å². The lowest BCUT2D eigenvalue weighted by Gasteiger charge is -2.00. The van der Waals surface area contributed by atoms with E-state index in [1.54, 1.807) is 0 Å². The van der Waals surface area contributed by atoms with E-state index in [4.69, 9.17) is 5.73 Å². The first-order chi connectivity index (χ1) is 6.59. The van der Waals surface area contributed by atoms with Crippen molar-refractivity contribution in [3.63, 3.8) is 0 Å². The molecule has 0 bridgehead atoms. The summed E-state index contributed by atoms with van der Waals surface area (Å²) < 4.78 is 0. The number of aliphatic imine (C=N–C) groups is 1. The number of hydrogen-bond acceptors (Lipinski definition) is 3. The van der Waals surface area contributed by atoms with Gasteiger partial charge in [-0.15, -0.1) is 0 Å². The minimum absolute atomic E-state index is 0.0693. The fourth-order valence-electron chi connectivity index (χ4n) is 1.05. The van der Waals surface area contributed by atoms with E-state index in [2.05, 4.69) is 4.99 Å². The van der Waals surface area contributed by atoms with Gasteiger partial charge in [0, 0.05) is 11.4 Å². The van der Waals surface area contributed by atoms with Crippen LogP contribution < -0.4 is 5.73 Å². The molecule has 0 saturated heterocycles. The van der Waals surface area contributed by atoms with Crippen molar-refractivity contribution >= 4 is 17.2 Å². The largest absolute Gasteiger partial charge is 0.399 e. The minimum Gasteiger partial charge on any atom is -0.399 e. The fourth-order valence-corrected chi connectivity index (χ4v) is 1.05. The molecule has 3 nitrogen and oxygen atoms in total. The summed E-state index contributed by atoms with van der Waals surface area (Å²) in [4.78, 5) is 14.9. The molecule has 1 aromatic rings. The molecule has 0 fully saturated rings. The van der Waals surface area contributed by atoms with E-state index < -0.39 is 0 Å². The number of carbonyl (C=O) groups is 1. The molecule has 0 unspecified atom stereocenters. The number of rotatable bonds is 3. The number of ketones is 1. The molecule has 3 heteroatoms. The van der Waals surface area contributed by atoms with Crippen LogP contribution in [0, 0.1) is 0 Å². The van der Waals surface area contributed by atoms with Crippen LogP contribution in [0.3, 0.4) is 0 Å². The number of benzene rings is 1. The monoisotopic (exact) mass is 190 g/mol. The summed E-state index contributed by atoms with van der Waals surface area (Å²) in [6.45, 7) is 3.66. The highest BCUT2D eigenvalue weighted by atomic mass is 16.1. The molecular formula is C11H14N2O. The predicted molar refractivity (Wildman–Crippen MR) is 58.6 cm³/mol. The van der Waals surface area contributed by atoms with Gasteiger partial charge in [-0.25, -0.2) is 0 Å². The SMILES string of the molecule is CC(=O)CN=C(C)c1ccc(N)cc1. The molecule has 0 heterocycles. The van der Waals surface area contributed by atoms with Gasteiger partial charge in [-0.1, -0.05) is 12.1 Å². The number of nitrogens with two attached hydrogens (primary N) is 1. The third kappa shape index (κ3) is 3.01. The minimum atomic E-state index is 0.0693. The molecule has 0 aliphatic rings. The first kappa shape index (κ1) is 10.4. The molecule has 1 rings (SSSR count). The van der Waals surface area contributed by atoms with Gasteiger partial charge in [-0.2, -0.15) is 0 Å². The van der Waals surface area contributed by atoms with Gasteiger partial charge >= 0.3 is 0 Å². The summed E-state index contributed by atoms with van der Waals surface area (Å²) in [5.74, 6) is 0.0693. The van der Waals surface area contributed by atoms with Gasteiger partial charge in [0.15, 0.2) is 5.78 Å². The summed E-state index contributed by atoms with van der Waals surface area (Å²) in [7, 11) is 0. The number of Topliss-reactive ketones (excluding diaryl/α,β-unsaturated/α-hetero) is 1. The number of anilines is 1. The zero-order valence-electron chi connectivity index (χ0n) is 8.45. The highest BCUT2D eigenvalue weighted by molar-refractivity contribution is 5.99. The zero-order valence-corrected chi connectivity index (χ0v) is 8.45. The summed E-state index contributed by atoms with van der Waals surface area (Å²) >= 11 is 0. The first-order valence-corrected chi connectivity index (χ1v) is 4.46. The fraction of sp³-hybridized carbons (Fsp3) is 0.273. The average molecular weight is 190 g/mol. The average Bonchev–Trinajstić information content (AvgIpc) is 2.15. The molecule has 74 valence electrons. The zero-order chi connectivity index (χ0) is 10.6. The first-order valence-electron chi connectivity index (χ1n) is 4.46. The molecule has 0 saturated carbocycles. The maximum absolute atomic E-state index is 10.7. The van der Waals surface area contributed by atoms with Gasteiger partial charge in [0.05, 0.1) is 6.54 Å². The van der Waals surface area contributed by atoms with E-state index in [1.807, 2.05) is 31.2 Å². The highest BCUT2D eigenvalue weighted by Crippen LogP contribution is 2.06. The van der Waals surface area contributed by atoms with Crippen molar-refractivity contribution in [3.8, 4) is 0 Å². The molecule has 0 amide bonds. The van der Waals surface area contributed by atoms with Gasteiger partial charge in [-0.3, -0.25) is 9.79 Å². The van der Waals surface area contributed by atoms with Crippen LogP contribution in [-0.2, 0) is 4.79 Å². The molecule has 0 radical (unpaired) electrons. The van der Waals surface area contributed by atoms with Crippen LogP contribution in [0.15, 0.2) is 29.3 Å². The predicted octanol–water partition coefficient (Wildman–Crippen LogP) is 1.67. The Kier molecular flexibility index (Phi) is 3.40. The van der Waals surface area contributed by atoms with Crippen molar-refractivity contribution in [1.29, 1.82) is 0 Å². The van der Waals surface area contributed by atoms with E-state index in [0.29, 0.717) is 0 Å². The van der Waals surface area contributed by atoms with Crippen LogP contribution in [0.4, 0.5) is 5.69 Å². The van der Waals surface area contributed by atoms with E-state index in [9.17, 15) is 4.79 Å². The number of hydrogen-bond donors (Lipinski definition) is 1. The third-order valence-electron chi connectivity index (χ3n) is 1.87. The number of nitrogens with zero attached hydrogens (tertiary/aromatic N) is 1. The third-order valence-corrected chi connectivity index (χ3v) is 1.87. The lowest BCUT2D eigenvalue weighted by atomic mass is 10.1. The number of nitrogen functional groups attached to an aromatic ring is 1. The Balaban J connectivity index is 2.78. The summed E-state index contributed by atoms with van der Waals surface area (Å²) in [6.07, 6.45) is 0. The van der Waals surface area contributed by atoms with E-state index in [1.165, 1.54) is 6.92 Å². The quantitative estimate of drug-likeness (QED) is 0.582. The molecule has 2 N–H and O–H groups in total. The molecule has 0 aliphatic heterocycles. The van der Waals surface area contributed by atoms with Crippen molar-refractivity contribution in [2.24, 2.45) is 4.99 Å². The molecule has 14 heavy (non-hydrogen) atoms. The van der Waals surface area contributed by atoms with Crippen LogP contribution in [0.25, 0.3) is 0 Å². The second kappa shape index (κ2) is 4.56. The smallest absolute Gasteiger partial charge is 0.151 e. The van der Waals surface area contributed by atoms with Gasteiger partial charge in [-0.05, 0) is 31.5 Å². The molecule has 0 aliphatic carbocycles. The maximum atomic E-state index is 10.7. The lowest BCUT2D eigenvalue weighted by molar-refractivity contribution is -0.115. The number of carbonyl (C=O) groups excluding carboxylic acids is 1. The van der Waals surface area contributed by atoms with Gasteiger partial charge in [0.1, 0.15) is 0 Å². The van der Waals surface area contributed by atoms with Crippen molar-refractivity contribution in [2.45, 2.75) is 13.8 Å². The Bertz CT molecular complexity index is 352. The molecule has 0 atom stereocenters. The molecule has 0 spiro atoms. The Labute approximate surface area is 83.7 Å². The van der Waals surface area contributed by atoms with Crippen molar-refractivity contribution in [1.82, 2.24) is 0 Å². The maximum Gasteiger partial charge on any atom is 0.151 e. The van der Waals surface area contributed by atoms with E-state index >= 15 is 0 Å². The summed E-state index contributed by atoms with van der Waals surface area (Å²) in [5.41, 5.74) is 8.15. The van der Waals surface area contributed by atoms with Crippen LogP contribution in [-0.4, -0.2) is 18.0 Å². The van der Waals surface area contributed by atoms with Crippen LogP contribution in [0.2, 0.25) is 0 Å². The molecule has 0 aromatic heterocycles. The van der Waals surface area contributed by atoms with E-state index in [-0.39, 0.29) is 12.3 Å². The highest BCUT2D eigenvalue weighted by Gasteiger charge is 1.97. The van der Waals surface area contributed by atoms with Crippen LogP contribution in [0.1, 0.15) is 19.4 Å². The topological polar surface area (TPSA) is 55.5 Å². The Morgan fingerprint density at radius 3 is 2.36 bits per heavy atom. The second-order valence-corrected chi connectivity index (χ2v) is 3.23. The van der Waals surface area contributed by atoms with Gasteiger partial charge in [0.25, 0.3) is 0 Å². The van der Waals surface area contributed by atoms with Crippen molar-refractivity contribution in [3.05, 3.63) is 29.8 Å². The normalized spacial score (nSPS) is 11.4. The Morgan fingerprint density at radius 1 is 1.29 bits per heavy atom. The second-order valence-electron chi connectivity index (χ2n) is 3.23. The van der Waals surface area contributed by atoms with Crippen LogP contribution >= 0.6 is 0 Å². The summed E-state index contributed by atoms with van der Waals surface area (Å²) in [6, 6.07) is 7.44. The molecule has 1 aromatic carbocycles. The Morgan fingerprint density at radius 2 is 1.86 bits per heavy atom. The van der Waals surface area contributed by atoms with E-state index in [0.717, 1.165) is 17.0 Å². The van der Waals surface area contributed by atoms with Gasteiger partial charge in [0.2, 0.25) is 0 Å².